The number of thiophene rings is 1. The molecule has 0 bridgehead atoms. The van der Waals surface area contributed by atoms with E-state index in [9.17, 15) is 4.79 Å². The molecule has 3 aromatic rings. The van der Waals surface area contributed by atoms with Crippen LogP contribution in [0.15, 0.2) is 41.1 Å². The molecule has 3 rings (SSSR count). The van der Waals surface area contributed by atoms with Crippen molar-refractivity contribution < 1.29 is 9.53 Å². The number of thiazole rings is 1. The fourth-order valence-electron chi connectivity index (χ4n) is 2.92. The van der Waals surface area contributed by atoms with Crippen molar-refractivity contribution in [1.82, 2.24) is 9.88 Å². The van der Waals surface area contributed by atoms with Gasteiger partial charge in [0.05, 0.1) is 17.1 Å². The van der Waals surface area contributed by atoms with Crippen molar-refractivity contribution in [2.75, 3.05) is 6.54 Å². The van der Waals surface area contributed by atoms with Gasteiger partial charge in [-0.1, -0.05) is 19.1 Å². The highest BCUT2D eigenvalue weighted by Gasteiger charge is 2.17. The summed E-state index contributed by atoms with van der Waals surface area (Å²) in [6, 6.07) is 9.98. The molecule has 6 heteroatoms. The first-order valence-electron chi connectivity index (χ1n) is 9.02. The van der Waals surface area contributed by atoms with Gasteiger partial charge in [0.2, 0.25) is 0 Å². The maximum atomic E-state index is 12.7. The molecule has 0 aliphatic carbocycles. The first-order valence-corrected chi connectivity index (χ1v) is 10.8. The van der Waals surface area contributed by atoms with E-state index in [2.05, 4.69) is 31.8 Å². The average Bonchev–Trinajstić information content (AvgIpc) is 3.30. The molecule has 0 aliphatic rings. The van der Waals surface area contributed by atoms with E-state index in [-0.39, 0.29) is 5.91 Å². The first kappa shape index (κ1) is 19.6. The van der Waals surface area contributed by atoms with Crippen LogP contribution in [0.2, 0.25) is 0 Å². The van der Waals surface area contributed by atoms with Gasteiger partial charge in [-0.05, 0) is 55.0 Å². The van der Waals surface area contributed by atoms with Crippen LogP contribution in [0.3, 0.4) is 0 Å². The van der Waals surface area contributed by atoms with Crippen LogP contribution in [-0.4, -0.2) is 22.3 Å². The SMILES string of the molecule is CCCN(Cc1csc(COc2cc(C)cc(C)c2)n1)C(=O)c1cccs1. The Kier molecular flexibility index (Phi) is 6.63. The van der Waals surface area contributed by atoms with Gasteiger partial charge in [0, 0.05) is 11.9 Å². The predicted octanol–water partition coefficient (Wildman–Crippen LogP) is 5.45. The Hall–Kier alpha value is -2.18. The first-order chi connectivity index (χ1) is 13.0. The van der Waals surface area contributed by atoms with Gasteiger partial charge in [-0.25, -0.2) is 4.98 Å². The normalized spacial score (nSPS) is 10.8. The number of aryl methyl sites for hydroxylation is 2. The number of carbonyl (C=O) groups is 1. The molecular weight excluding hydrogens is 376 g/mol. The van der Waals surface area contributed by atoms with Crippen LogP contribution in [0, 0.1) is 13.8 Å². The highest BCUT2D eigenvalue weighted by molar-refractivity contribution is 7.12. The summed E-state index contributed by atoms with van der Waals surface area (Å²) in [7, 11) is 0. The molecule has 0 spiro atoms. The lowest BCUT2D eigenvalue weighted by molar-refractivity contribution is 0.0746. The lowest BCUT2D eigenvalue weighted by Crippen LogP contribution is -2.30. The van der Waals surface area contributed by atoms with E-state index < -0.39 is 0 Å². The van der Waals surface area contributed by atoms with E-state index in [1.54, 1.807) is 11.3 Å². The molecule has 0 atom stereocenters. The summed E-state index contributed by atoms with van der Waals surface area (Å²) in [5.41, 5.74) is 3.29. The lowest BCUT2D eigenvalue weighted by atomic mass is 10.1. The van der Waals surface area contributed by atoms with E-state index in [1.165, 1.54) is 22.5 Å². The number of carbonyl (C=O) groups excluding carboxylic acids is 1. The summed E-state index contributed by atoms with van der Waals surface area (Å²) in [6.45, 7) is 7.91. The van der Waals surface area contributed by atoms with E-state index in [4.69, 9.17) is 4.74 Å². The molecule has 0 saturated heterocycles. The number of amides is 1. The van der Waals surface area contributed by atoms with Gasteiger partial charge in [0.15, 0.2) is 0 Å². The minimum absolute atomic E-state index is 0.0767. The highest BCUT2D eigenvalue weighted by Crippen LogP contribution is 2.20. The Bertz CT molecular complexity index is 867. The second-order valence-electron chi connectivity index (χ2n) is 6.55. The number of hydrogen-bond acceptors (Lipinski definition) is 5. The maximum absolute atomic E-state index is 12.7. The molecule has 0 radical (unpaired) electrons. The van der Waals surface area contributed by atoms with Gasteiger partial charge in [-0.3, -0.25) is 4.79 Å². The van der Waals surface area contributed by atoms with Crippen LogP contribution in [0.25, 0.3) is 0 Å². The van der Waals surface area contributed by atoms with Crippen LogP contribution < -0.4 is 4.74 Å². The summed E-state index contributed by atoms with van der Waals surface area (Å²) in [5, 5.41) is 4.87. The topological polar surface area (TPSA) is 42.4 Å². The van der Waals surface area contributed by atoms with Crippen molar-refractivity contribution in [2.45, 2.75) is 40.3 Å². The van der Waals surface area contributed by atoms with Crippen molar-refractivity contribution >= 4 is 28.6 Å². The summed E-state index contributed by atoms with van der Waals surface area (Å²) in [4.78, 5) is 20.0. The minimum atomic E-state index is 0.0767. The van der Waals surface area contributed by atoms with Gasteiger partial charge in [0.1, 0.15) is 17.4 Å². The fraction of sp³-hybridized carbons (Fsp3) is 0.333. The van der Waals surface area contributed by atoms with Crippen molar-refractivity contribution in [3.05, 3.63) is 67.8 Å². The lowest BCUT2D eigenvalue weighted by Gasteiger charge is -2.20. The van der Waals surface area contributed by atoms with Crippen molar-refractivity contribution in [2.24, 2.45) is 0 Å². The summed E-state index contributed by atoms with van der Waals surface area (Å²) < 4.78 is 5.89. The Morgan fingerprint density at radius 1 is 1.19 bits per heavy atom. The average molecular weight is 401 g/mol. The maximum Gasteiger partial charge on any atom is 0.264 e. The highest BCUT2D eigenvalue weighted by atomic mass is 32.1. The van der Waals surface area contributed by atoms with E-state index >= 15 is 0 Å². The van der Waals surface area contributed by atoms with Gasteiger partial charge >= 0.3 is 0 Å². The molecule has 0 aliphatic heterocycles. The number of nitrogens with zero attached hydrogens (tertiary/aromatic N) is 2. The zero-order valence-corrected chi connectivity index (χ0v) is 17.5. The van der Waals surface area contributed by atoms with Crippen molar-refractivity contribution in [1.29, 1.82) is 0 Å². The summed E-state index contributed by atoms with van der Waals surface area (Å²) in [6.07, 6.45) is 0.921. The van der Waals surface area contributed by atoms with Crippen LogP contribution >= 0.6 is 22.7 Å². The molecule has 2 aromatic heterocycles. The molecule has 1 amide bonds. The molecule has 0 N–H and O–H groups in total. The van der Waals surface area contributed by atoms with Gasteiger partial charge < -0.3 is 9.64 Å². The molecule has 0 fully saturated rings. The van der Waals surface area contributed by atoms with Crippen LogP contribution in [-0.2, 0) is 13.2 Å². The number of rotatable bonds is 8. The van der Waals surface area contributed by atoms with Crippen LogP contribution in [0.5, 0.6) is 5.75 Å². The quantitative estimate of drug-likeness (QED) is 0.505. The van der Waals surface area contributed by atoms with Crippen molar-refractivity contribution in [3.63, 3.8) is 0 Å². The van der Waals surface area contributed by atoms with E-state index in [0.717, 1.165) is 34.3 Å². The van der Waals surface area contributed by atoms with Crippen molar-refractivity contribution in [3.8, 4) is 5.75 Å². The smallest absolute Gasteiger partial charge is 0.264 e. The monoisotopic (exact) mass is 400 g/mol. The predicted molar refractivity (Wildman–Crippen MR) is 112 cm³/mol. The number of ether oxygens (including phenoxy) is 1. The van der Waals surface area contributed by atoms with Crippen LogP contribution in [0.1, 0.15) is 44.8 Å². The molecular formula is C21H24N2O2S2. The molecule has 2 heterocycles. The zero-order valence-electron chi connectivity index (χ0n) is 15.9. The molecule has 0 saturated carbocycles. The molecule has 142 valence electrons. The Morgan fingerprint density at radius 2 is 1.96 bits per heavy atom. The van der Waals surface area contributed by atoms with Gasteiger partial charge in [-0.15, -0.1) is 22.7 Å². The summed E-state index contributed by atoms with van der Waals surface area (Å²) >= 11 is 3.05. The number of hydrogen-bond donors (Lipinski definition) is 0. The Labute approximate surface area is 168 Å². The number of benzene rings is 1. The Balaban J connectivity index is 1.62. The van der Waals surface area contributed by atoms with Gasteiger partial charge in [-0.2, -0.15) is 0 Å². The Morgan fingerprint density at radius 3 is 2.63 bits per heavy atom. The second kappa shape index (κ2) is 9.15. The molecule has 4 nitrogen and oxygen atoms in total. The molecule has 0 unspecified atom stereocenters. The molecule has 1 aromatic carbocycles. The zero-order chi connectivity index (χ0) is 19.2. The minimum Gasteiger partial charge on any atom is -0.486 e. The third kappa shape index (κ3) is 5.40. The van der Waals surface area contributed by atoms with Gasteiger partial charge in [0.25, 0.3) is 5.91 Å². The largest absolute Gasteiger partial charge is 0.486 e. The third-order valence-electron chi connectivity index (χ3n) is 4.02. The summed E-state index contributed by atoms with van der Waals surface area (Å²) in [5.74, 6) is 0.942. The third-order valence-corrected chi connectivity index (χ3v) is 5.75. The fourth-order valence-corrected chi connectivity index (χ4v) is 4.31. The van der Waals surface area contributed by atoms with E-state index in [1.807, 2.05) is 39.9 Å². The van der Waals surface area contributed by atoms with E-state index in [0.29, 0.717) is 13.2 Å². The van der Waals surface area contributed by atoms with Crippen LogP contribution in [0.4, 0.5) is 0 Å². The second-order valence-corrected chi connectivity index (χ2v) is 8.44. The standard InChI is InChI=1S/C21H24N2O2S2/c1-4-7-23(21(24)19-6-5-8-26-19)12-17-14-27-20(22-17)13-25-18-10-15(2)9-16(3)11-18/h5-6,8-11,14H,4,7,12-13H2,1-3H3. The molecule has 27 heavy (non-hydrogen) atoms. The number of aromatic nitrogens is 1.